The predicted molar refractivity (Wildman–Crippen MR) is 34.5 cm³/mol. The second kappa shape index (κ2) is 32.6. The molecule has 0 fully saturated rings. The van der Waals surface area contributed by atoms with Gasteiger partial charge in [-0.3, -0.25) is 0 Å². The van der Waals surface area contributed by atoms with Crippen molar-refractivity contribution < 1.29 is 0 Å². The molecule has 0 bridgehead atoms. The van der Waals surface area contributed by atoms with E-state index in [0.29, 0.717) is 0 Å². The maximum atomic E-state index is 2.12. The molecular formula is Ca2Li4. The van der Waals surface area contributed by atoms with Gasteiger partial charge in [-0.05, 0) is 0 Å². The maximum absolute atomic E-state index is 2.12. The fourth-order valence-corrected chi connectivity index (χ4v) is 0. The Bertz CT molecular complexity index is 5.51. The molecule has 0 nitrogen and oxygen atoms in total. The van der Waals surface area contributed by atoms with Gasteiger partial charge in [-0.2, -0.15) is 0 Å². The molecule has 0 aliphatic rings. The summed E-state index contributed by atoms with van der Waals surface area (Å²) in [5.74, 6) is 0. The van der Waals surface area contributed by atoms with Crippen LogP contribution in [-0.4, -0.2) is 124 Å². The third-order valence-corrected chi connectivity index (χ3v) is 0. The van der Waals surface area contributed by atoms with Gasteiger partial charge in [0.2, 0.25) is 0 Å². The van der Waals surface area contributed by atoms with Gasteiger partial charge >= 0.3 is 86.7 Å². The molecule has 0 rings (SSSR count). The van der Waals surface area contributed by atoms with Crippen LogP contribution in [0.2, 0.25) is 0 Å². The summed E-state index contributed by atoms with van der Waals surface area (Å²) in [5, 5.41) is 0. The molecule has 0 amide bonds. The van der Waals surface area contributed by atoms with Gasteiger partial charge in [0.15, 0.2) is 0 Å². The fraction of sp³-hybridized carbons (Fsp3) is 0. The van der Waals surface area contributed by atoms with E-state index in [4.69, 9.17) is 0 Å². The zero-order valence-electron chi connectivity index (χ0n) is 5.41. The van der Waals surface area contributed by atoms with Crippen LogP contribution in [0.4, 0.5) is 0 Å². The first kappa shape index (κ1) is 22.4. The number of hydrogen-bond donors (Lipinski definition) is 0. The van der Waals surface area contributed by atoms with E-state index in [0.717, 1.165) is 0 Å². The van der Waals surface area contributed by atoms with E-state index in [1.165, 1.54) is 64.5 Å². The topological polar surface area (TPSA) is 0 Å². The zero-order chi connectivity index (χ0) is 4.00. The Kier molecular flexibility index (Phi) is 122. The monoisotopic (exact) mass is 108 g/mol. The quantitative estimate of drug-likeness (QED) is 0.306. The Balaban J connectivity index is -0.00000000500. The molecule has 0 heterocycles. The van der Waals surface area contributed by atoms with E-state index >= 15 is 0 Å². The Hall–Kier alpha value is 4.91. The van der Waals surface area contributed by atoms with Crippen molar-refractivity contribution in [2.45, 2.75) is 0 Å². The second-order valence-corrected chi connectivity index (χ2v) is 0. The Morgan fingerprint density at radius 2 is 0.667 bits per heavy atom. The van der Waals surface area contributed by atoms with Crippen molar-refractivity contribution >= 4 is 124 Å². The van der Waals surface area contributed by atoms with Crippen LogP contribution < -0.4 is 0 Å². The second-order valence-electron chi connectivity index (χ2n) is 0. The van der Waals surface area contributed by atoms with Crippen LogP contribution in [0.3, 0.4) is 0 Å². The van der Waals surface area contributed by atoms with Crippen molar-refractivity contribution in [1.82, 2.24) is 0 Å². The minimum absolute atomic E-state index is 0. The molecular weight excluding hydrogens is 108 g/mol. The average Bonchev–Trinajstić information content (AvgIpc) is 1.50. The van der Waals surface area contributed by atoms with Crippen LogP contribution in [0.1, 0.15) is 0 Å². The van der Waals surface area contributed by atoms with Gasteiger partial charge in [0, 0.05) is 37.7 Å². The first-order valence-electron chi connectivity index (χ1n) is 1.41. The normalized spacial score (nSPS) is 1.67. The molecule has 0 aliphatic carbocycles. The van der Waals surface area contributed by atoms with Gasteiger partial charge in [-0.25, -0.2) is 0 Å². The molecule has 8 valence electrons. The Labute approximate surface area is 120 Å². The summed E-state index contributed by atoms with van der Waals surface area (Å²) in [6.07, 6.45) is 0. The molecule has 0 atom stereocenters. The molecule has 0 aromatic carbocycles. The van der Waals surface area contributed by atoms with Crippen molar-refractivity contribution in [3.63, 3.8) is 0 Å². The van der Waals surface area contributed by atoms with Crippen LogP contribution in [0, 0.1) is 0 Å². The van der Waals surface area contributed by atoms with Gasteiger partial charge < -0.3 is 0 Å². The number of rotatable bonds is 0. The van der Waals surface area contributed by atoms with Crippen molar-refractivity contribution in [3.8, 4) is 0 Å². The average molecular weight is 108 g/mol. The van der Waals surface area contributed by atoms with E-state index in [2.05, 4.69) is 22.2 Å². The standard InChI is InChI=1S/2Ca.4Li. The summed E-state index contributed by atoms with van der Waals surface area (Å²) in [6.45, 7) is 0. The third-order valence-electron chi connectivity index (χ3n) is 0. The molecule has 0 aromatic rings. The molecule has 0 aliphatic heterocycles. The first-order chi connectivity index (χ1) is 2.00. The van der Waals surface area contributed by atoms with Crippen LogP contribution in [0.15, 0.2) is 0 Å². The third kappa shape index (κ3) is 23.1. The molecule has 0 saturated carbocycles. The van der Waals surface area contributed by atoms with E-state index in [1.54, 1.807) is 0 Å². The van der Waals surface area contributed by atoms with Gasteiger partial charge in [0.25, 0.3) is 0 Å². The van der Waals surface area contributed by atoms with E-state index in [1.807, 2.05) is 0 Å². The summed E-state index contributed by atoms with van der Waals surface area (Å²) in [4.78, 5) is 0. The molecule has 0 saturated heterocycles. The van der Waals surface area contributed by atoms with E-state index in [9.17, 15) is 0 Å². The molecule has 4 radical (unpaired) electrons. The van der Waals surface area contributed by atoms with Crippen molar-refractivity contribution in [2.24, 2.45) is 0 Å². The SMILES string of the molecule is [Li].[Li].[Li][Ca].[Li][Ca]. The summed E-state index contributed by atoms with van der Waals surface area (Å²) in [6, 6.07) is 0. The first-order valence-corrected chi connectivity index (χ1v) is 5.83. The molecule has 0 spiro atoms. The van der Waals surface area contributed by atoms with Crippen LogP contribution in [0.5, 0.6) is 0 Å². The summed E-state index contributed by atoms with van der Waals surface area (Å²) in [5.41, 5.74) is 0. The molecule has 0 aromatic heterocycles. The van der Waals surface area contributed by atoms with Crippen molar-refractivity contribution in [3.05, 3.63) is 0 Å². The summed E-state index contributed by atoms with van der Waals surface area (Å²) in [7, 11) is 0. The molecule has 0 N–H and O–H groups in total. The zero-order valence-corrected chi connectivity index (χ0v) is 9.83. The van der Waals surface area contributed by atoms with E-state index in [-0.39, 0.29) is 37.7 Å². The van der Waals surface area contributed by atoms with E-state index < -0.39 is 0 Å². The van der Waals surface area contributed by atoms with Gasteiger partial charge in [-0.15, -0.1) is 0 Å². The van der Waals surface area contributed by atoms with Crippen LogP contribution in [-0.2, 0) is 0 Å². The Morgan fingerprint density at radius 3 is 0.667 bits per heavy atom. The van der Waals surface area contributed by atoms with Gasteiger partial charge in [0.1, 0.15) is 0 Å². The van der Waals surface area contributed by atoms with Crippen LogP contribution in [0.25, 0.3) is 0 Å². The molecule has 6 heavy (non-hydrogen) atoms. The summed E-state index contributed by atoms with van der Waals surface area (Å²) >= 11 is 7.00. The number of hydrogen-bond acceptors (Lipinski definition) is 0. The predicted octanol–water partition coefficient (Wildman–Crippen LogP) is -2.28. The minimum atomic E-state index is 0. The van der Waals surface area contributed by atoms with Crippen molar-refractivity contribution in [2.75, 3.05) is 0 Å². The van der Waals surface area contributed by atoms with Gasteiger partial charge in [-0.1, -0.05) is 0 Å². The fourth-order valence-electron chi connectivity index (χ4n) is 0. The van der Waals surface area contributed by atoms with Gasteiger partial charge in [0.05, 0.1) is 0 Å². The Morgan fingerprint density at radius 1 is 0.667 bits per heavy atom. The van der Waals surface area contributed by atoms with Crippen LogP contribution >= 0.6 is 0 Å². The summed E-state index contributed by atoms with van der Waals surface area (Å²) < 4.78 is 0. The molecule has 0 unspecified atom stereocenters. The van der Waals surface area contributed by atoms with Crippen molar-refractivity contribution in [1.29, 1.82) is 0 Å². The molecule has 6 heteroatoms.